The Hall–Kier alpha value is -2.14. The van der Waals surface area contributed by atoms with E-state index in [4.69, 9.17) is 10.2 Å². The summed E-state index contributed by atoms with van der Waals surface area (Å²) in [6.45, 7) is 1.87. The highest BCUT2D eigenvalue weighted by Gasteiger charge is 2.36. The van der Waals surface area contributed by atoms with Gasteiger partial charge in [-0.15, -0.1) is 0 Å². The highest BCUT2D eigenvalue weighted by molar-refractivity contribution is 5.98. The number of carbonyl (C=O) groups is 1. The van der Waals surface area contributed by atoms with E-state index in [1.54, 1.807) is 6.26 Å². The van der Waals surface area contributed by atoms with E-state index in [-0.39, 0.29) is 5.91 Å². The zero-order valence-corrected chi connectivity index (χ0v) is 12.1. The largest absolute Gasteiger partial charge is 0.444 e. The van der Waals surface area contributed by atoms with Crippen molar-refractivity contribution in [3.8, 4) is 11.5 Å². The molecule has 1 saturated carbocycles. The van der Waals surface area contributed by atoms with E-state index in [1.165, 1.54) is 0 Å². The summed E-state index contributed by atoms with van der Waals surface area (Å²) in [5.74, 6) is 0.438. The number of benzene rings is 1. The van der Waals surface area contributed by atoms with Crippen molar-refractivity contribution in [1.29, 1.82) is 0 Å². The minimum Gasteiger partial charge on any atom is -0.444 e. The molecule has 0 spiro atoms. The smallest absolute Gasteiger partial charge is 0.244 e. The van der Waals surface area contributed by atoms with Crippen LogP contribution >= 0.6 is 0 Å². The number of carbonyl (C=O) groups excluding carboxylic acids is 1. The van der Waals surface area contributed by atoms with Gasteiger partial charge in [0.15, 0.2) is 0 Å². The summed E-state index contributed by atoms with van der Waals surface area (Å²) in [7, 11) is 0. The zero-order valence-electron chi connectivity index (χ0n) is 12.1. The Morgan fingerprint density at radius 3 is 2.81 bits per heavy atom. The number of hydrogen-bond donors (Lipinski definition) is 2. The molecular weight excluding hydrogens is 266 g/mol. The Balaban J connectivity index is 1.79. The lowest BCUT2D eigenvalue weighted by atomic mass is 9.98. The SMILES string of the molecule is Cc1coc(-c2cccc(NC(=O)C3(N)CCCC3)c2)n1. The van der Waals surface area contributed by atoms with E-state index < -0.39 is 5.54 Å². The van der Waals surface area contributed by atoms with Crippen molar-refractivity contribution in [3.05, 3.63) is 36.2 Å². The molecule has 1 aromatic heterocycles. The van der Waals surface area contributed by atoms with Crippen LogP contribution in [-0.4, -0.2) is 16.4 Å². The lowest BCUT2D eigenvalue weighted by Gasteiger charge is -2.22. The molecule has 3 N–H and O–H groups in total. The molecule has 2 aromatic rings. The first-order valence-corrected chi connectivity index (χ1v) is 7.20. The van der Waals surface area contributed by atoms with E-state index in [0.717, 1.165) is 36.9 Å². The van der Waals surface area contributed by atoms with Crippen molar-refractivity contribution in [2.24, 2.45) is 5.73 Å². The van der Waals surface area contributed by atoms with Crippen LogP contribution in [0.1, 0.15) is 31.4 Å². The molecule has 5 nitrogen and oxygen atoms in total. The average molecular weight is 285 g/mol. The van der Waals surface area contributed by atoms with Crippen molar-refractivity contribution in [2.45, 2.75) is 38.1 Å². The molecule has 0 bridgehead atoms. The Labute approximate surface area is 123 Å². The van der Waals surface area contributed by atoms with Crippen molar-refractivity contribution >= 4 is 11.6 Å². The zero-order chi connectivity index (χ0) is 14.9. The summed E-state index contributed by atoms with van der Waals surface area (Å²) in [6.07, 6.45) is 5.13. The Kier molecular flexibility index (Phi) is 3.51. The van der Waals surface area contributed by atoms with E-state index in [2.05, 4.69) is 10.3 Å². The highest BCUT2D eigenvalue weighted by atomic mass is 16.3. The van der Waals surface area contributed by atoms with Crippen LogP contribution in [0.2, 0.25) is 0 Å². The molecule has 1 aliphatic rings. The monoisotopic (exact) mass is 285 g/mol. The molecule has 0 radical (unpaired) electrons. The number of amides is 1. The van der Waals surface area contributed by atoms with Gasteiger partial charge >= 0.3 is 0 Å². The number of aryl methyl sites for hydroxylation is 1. The molecule has 110 valence electrons. The van der Waals surface area contributed by atoms with Crippen LogP contribution in [0.25, 0.3) is 11.5 Å². The lowest BCUT2D eigenvalue weighted by molar-refractivity contribution is -0.121. The third-order valence-electron chi connectivity index (χ3n) is 3.93. The Bertz CT molecular complexity index is 657. The maximum atomic E-state index is 12.3. The second-order valence-electron chi connectivity index (χ2n) is 5.69. The fourth-order valence-corrected chi connectivity index (χ4v) is 2.71. The molecule has 0 saturated heterocycles. The van der Waals surface area contributed by atoms with Crippen molar-refractivity contribution in [3.63, 3.8) is 0 Å². The molecule has 1 amide bonds. The third kappa shape index (κ3) is 2.83. The van der Waals surface area contributed by atoms with Gasteiger partial charge in [-0.1, -0.05) is 18.9 Å². The summed E-state index contributed by atoms with van der Waals surface area (Å²) < 4.78 is 5.38. The lowest BCUT2D eigenvalue weighted by Crippen LogP contribution is -2.48. The number of oxazole rings is 1. The van der Waals surface area contributed by atoms with E-state index >= 15 is 0 Å². The van der Waals surface area contributed by atoms with Gasteiger partial charge in [0.25, 0.3) is 0 Å². The number of nitrogens with zero attached hydrogens (tertiary/aromatic N) is 1. The maximum Gasteiger partial charge on any atom is 0.244 e. The second kappa shape index (κ2) is 5.33. The topological polar surface area (TPSA) is 81.2 Å². The van der Waals surface area contributed by atoms with Gasteiger partial charge in [0, 0.05) is 11.3 Å². The predicted molar refractivity (Wildman–Crippen MR) is 80.7 cm³/mol. The fourth-order valence-electron chi connectivity index (χ4n) is 2.71. The van der Waals surface area contributed by atoms with Crippen molar-refractivity contribution < 1.29 is 9.21 Å². The summed E-state index contributed by atoms with van der Waals surface area (Å²) in [6, 6.07) is 7.45. The van der Waals surface area contributed by atoms with Gasteiger partial charge in [-0.25, -0.2) is 4.98 Å². The van der Waals surface area contributed by atoms with Crippen molar-refractivity contribution in [2.75, 3.05) is 5.32 Å². The van der Waals surface area contributed by atoms with Gasteiger partial charge in [-0.05, 0) is 38.0 Å². The molecule has 1 aromatic carbocycles. The van der Waals surface area contributed by atoms with Gasteiger partial charge < -0.3 is 15.5 Å². The number of hydrogen-bond acceptors (Lipinski definition) is 4. The molecule has 0 aliphatic heterocycles. The molecule has 3 rings (SSSR count). The van der Waals surface area contributed by atoms with E-state index in [0.29, 0.717) is 11.6 Å². The molecule has 21 heavy (non-hydrogen) atoms. The third-order valence-corrected chi connectivity index (χ3v) is 3.93. The van der Waals surface area contributed by atoms with Crippen LogP contribution in [0.3, 0.4) is 0 Å². The van der Waals surface area contributed by atoms with Crippen LogP contribution in [0.4, 0.5) is 5.69 Å². The summed E-state index contributed by atoms with van der Waals surface area (Å²) in [4.78, 5) is 16.6. The predicted octanol–water partition coefficient (Wildman–Crippen LogP) is 2.86. The molecule has 1 fully saturated rings. The number of nitrogens with one attached hydrogen (secondary N) is 1. The second-order valence-corrected chi connectivity index (χ2v) is 5.69. The number of anilines is 1. The first-order valence-electron chi connectivity index (χ1n) is 7.20. The minimum absolute atomic E-state index is 0.110. The molecule has 0 atom stereocenters. The normalized spacial score (nSPS) is 16.9. The highest BCUT2D eigenvalue weighted by Crippen LogP contribution is 2.29. The van der Waals surface area contributed by atoms with Gasteiger partial charge in [0.2, 0.25) is 11.8 Å². The Morgan fingerprint density at radius 2 is 2.14 bits per heavy atom. The van der Waals surface area contributed by atoms with Crippen LogP contribution in [0, 0.1) is 6.92 Å². The summed E-state index contributed by atoms with van der Waals surface area (Å²) >= 11 is 0. The van der Waals surface area contributed by atoms with E-state index in [9.17, 15) is 4.79 Å². The quantitative estimate of drug-likeness (QED) is 0.908. The first-order chi connectivity index (χ1) is 10.1. The Morgan fingerprint density at radius 1 is 1.38 bits per heavy atom. The van der Waals surface area contributed by atoms with Crippen LogP contribution in [0.15, 0.2) is 34.9 Å². The van der Waals surface area contributed by atoms with Gasteiger partial charge in [-0.2, -0.15) is 0 Å². The molecule has 1 heterocycles. The van der Waals surface area contributed by atoms with Gasteiger partial charge in [0.05, 0.1) is 11.2 Å². The van der Waals surface area contributed by atoms with Crippen molar-refractivity contribution in [1.82, 2.24) is 4.98 Å². The summed E-state index contributed by atoms with van der Waals surface area (Å²) in [5.41, 5.74) is 7.80. The van der Waals surface area contributed by atoms with Crippen LogP contribution in [0.5, 0.6) is 0 Å². The molecule has 5 heteroatoms. The van der Waals surface area contributed by atoms with Gasteiger partial charge in [-0.3, -0.25) is 4.79 Å². The van der Waals surface area contributed by atoms with Gasteiger partial charge in [0.1, 0.15) is 6.26 Å². The molecule has 0 unspecified atom stereocenters. The average Bonchev–Trinajstić information content (AvgIpc) is 3.09. The number of aromatic nitrogens is 1. The minimum atomic E-state index is -0.727. The van der Waals surface area contributed by atoms with Crippen LogP contribution in [-0.2, 0) is 4.79 Å². The fraction of sp³-hybridized carbons (Fsp3) is 0.375. The molecular formula is C16H19N3O2. The summed E-state index contributed by atoms with van der Waals surface area (Å²) in [5, 5.41) is 2.91. The standard InChI is InChI=1S/C16H19N3O2/c1-11-10-21-14(18-11)12-5-4-6-13(9-12)19-15(20)16(17)7-2-3-8-16/h4-6,9-10H,2-3,7-8,17H2,1H3,(H,19,20). The maximum absolute atomic E-state index is 12.3. The number of rotatable bonds is 3. The first kappa shape index (κ1) is 13.8. The van der Waals surface area contributed by atoms with E-state index in [1.807, 2.05) is 31.2 Å². The van der Waals surface area contributed by atoms with Crippen LogP contribution < -0.4 is 11.1 Å². The molecule has 1 aliphatic carbocycles. The number of nitrogens with two attached hydrogens (primary N) is 1.